The number of furan rings is 1. The summed E-state index contributed by atoms with van der Waals surface area (Å²) in [6, 6.07) is 61.6. The minimum absolute atomic E-state index is 0.593. The summed E-state index contributed by atoms with van der Waals surface area (Å²) < 4.78 is 6.52. The van der Waals surface area contributed by atoms with Crippen LogP contribution in [0.5, 0.6) is 0 Å². The van der Waals surface area contributed by atoms with Gasteiger partial charge in [-0.05, 0) is 84.5 Å². The summed E-state index contributed by atoms with van der Waals surface area (Å²) in [5.41, 5.74) is 6.52. The molecule has 11 rings (SSSR count). The van der Waals surface area contributed by atoms with Gasteiger partial charge < -0.3 is 4.42 Å². The zero-order chi connectivity index (χ0) is 34.9. The zero-order valence-electron chi connectivity index (χ0n) is 28.5. The average molecular weight is 676 g/mol. The number of para-hydroxylation sites is 1. The Labute approximate surface area is 304 Å². The molecule has 53 heavy (non-hydrogen) atoms. The van der Waals surface area contributed by atoms with Gasteiger partial charge in [0, 0.05) is 27.5 Å². The van der Waals surface area contributed by atoms with Crippen molar-refractivity contribution in [1.82, 2.24) is 15.0 Å². The van der Waals surface area contributed by atoms with Crippen LogP contribution in [0.15, 0.2) is 180 Å². The average Bonchev–Trinajstić information content (AvgIpc) is 3.61. The van der Waals surface area contributed by atoms with Crippen molar-refractivity contribution in [3.8, 4) is 45.3 Å². The van der Waals surface area contributed by atoms with Crippen LogP contribution in [0.1, 0.15) is 0 Å². The summed E-state index contributed by atoms with van der Waals surface area (Å²) in [6.07, 6.45) is 0. The van der Waals surface area contributed by atoms with Crippen LogP contribution in [0.3, 0.4) is 0 Å². The first-order chi connectivity index (χ1) is 26.2. The van der Waals surface area contributed by atoms with Gasteiger partial charge in [-0.25, -0.2) is 15.0 Å². The predicted octanol–water partition coefficient (Wildman–Crippen LogP) is 13.1. The lowest BCUT2D eigenvalue weighted by atomic mass is 9.93. The summed E-state index contributed by atoms with van der Waals surface area (Å²) in [5, 5.41) is 11.4. The molecule has 0 N–H and O–H groups in total. The molecule has 2 heterocycles. The monoisotopic (exact) mass is 675 g/mol. The third-order valence-electron chi connectivity index (χ3n) is 10.5. The van der Waals surface area contributed by atoms with Crippen LogP contribution in [-0.2, 0) is 0 Å². The molecule has 0 aliphatic carbocycles. The van der Waals surface area contributed by atoms with Crippen molar-refractivity contribution in [2.45, 2.75) is 0 Å². The lowest BCUT2D eigenvalue weighted by Crippen LogP contribution is -2.01. The molecule has 0 fully saturated rings. The Morgan fingerprint density at radius 2 is 0.925 bits per heavy atom. The van der Waals surface area contributed by atoms with Crippen molar-refractivity contribution in [2.24, 2.45) is 0 Å². The molecule has 2 aromatic heterocycles. The number of benzene rings is 9. The van der Waals surface area contributed by atoms with E-state index in [4.69, 9.17) is 19.4 Å². The van der Waals surface area contributed by atoms with Crippen molar-refractivity contribution in [2.75, 3.05) is 0 Å². The molecule has 0 saturated heterocycles. The van der Waals surface area contributed by atoms with Gasteiger partial charge in [0.15, 0.2) is 17.5 Å². The summed E-state index contributed by atoms with van der Waals surface area (Å²) in [7, 11) is 0. The second kappa shape index (κ2) is 11.7. The van der Waals surface area contributed by atoms with Crippen molar-refractivity contribution < 1.29 is 4.42 Å². The largest absolute Gasteiger partial charge is 0.456 e. The van der Waals surface area contributed by atoms with E-state index in [1.54, 1.807) is 0 Å². The van der Waals surface area contributed by atoms with Gasteiger partial charge in [-0.3, -0.25) is 0 Å². The maximum Gasteiger partial charge on any atom is 0.164 e. The molecule has 0 aliphatic heterocycles. The van der Waals surface area contributed by atoms with E-state index in [9.17, 15) is 0 Å². The van der Waals surface area contributed by atoms with Gasteiger partial charge in [0.2, 0.25) is 0 Å². The lowest BCUT2D eigenvalue weighted by molar-refractivity contribution is 0.669. The number of hydrogen-bond acceptors (Lipinski definition) is 4. The van der Waals surface area contributed by atoms with Crippen molar-refractivity contribution in [1.29, 1.82) is 0 Å². The molecule has 0 aliphatic rings. The van der Waals surface area contributed by atoms with Crippen LogP contribution in [0.4, 0.5) is 0 Å². The van der Waals surface area contributed by atoms with Gasteiger partial charge in [0.05, 0.1) is 0 Å². The number of hydrogen-bond donors (Lipinski definition) is 0. The topological polar surface area (TPSA) is 51.8 Å². The molecule has 0 spiro atoms. The third kappa shape index (κ3) is 4.80. The lowest BCUT2D eigenvalue weighted by Gasteiger charge is -2.14. The molecule has 246 valence electrons. The van der Waals surface area contributed by atoms with Crippen LogP contribution >= 0.6 is 0 Å². The molecule has 4 nitrogen and oxygen atoms in total. The molecule has 0 saturated carbocycles. The Hall–Kier alpha value is -7.17. The molecule has 0 unspecified atom stereocenters. The highest BCUT2D eigenvalue weighted by Gasteiger charge is 2.21. The van der Waals surface area contributed by atoms with Gasteiger partial charge in [-0.1, -0.05) is 146 Å². The quantitative estimate of drug-likeness (QED) is 0.174. The highest BCUT2D eigenvalue weighted by Crippen LogP contribution is 2.42. The highest BCUT2D eigenvalue weighted by atomic mass is 16.3. The second-order valence-corrected chi connectivity index (χ2v) is 13.6. The summed E-state index contributed by atoms with van der Waals surface area (Å²) in [4.78, 5) is 16.0. The van der Waals surface area contributed by atoms with Crippen LogP contribution in [0.25, 0.3) is 110 Å². The van der Waals surface area contributed by atoms with Gasteiger partial charge in [-0.2, -0.15) is 0 Å². The van der Waals surface area contributed by atoms with Gasteiger partial charge in [0.25, 0.3) is 0 Å². The van der Waals surface area contributed by atoms with E-state index >= 15 is 0 Å². The first-order valence-corrected chi connectivity index (χ1v) is 17.9. The second-order valence-electron chi connectivity index (χ2n) is 13.6. The molecule has 4 heteroatoms. The molecule has 0 amide bonds. The van der Waals surface area contributed by atoms with Crippen LogP contribution in [0.2, 0.25) is 0 Å². The van der Waals surface area contributed by atoms with E-state index in [1.807, 2.05) is 18.2 Å². The predicted molar refractivity (Wildman–Crippen MR) is 219 cm³/mol. The van der Waals surface area contributed by atoms with E-state index in [0.29, 0.717) is 17.5 Å². The molecular weight excluding hydrogens is 647 g/mol. The molecule has 11 aromatic rings. The van der Waals surface area contributed by atoms with Crippen molar-refractivity contribution in [3.63, 3.8) is 0 Å². The van der Waals surface area contributed by atoms with E-state index in [2.05, 4.69) is 158 Å². The Morgan fingerprint density at radius 1 is 0.302 bits per heavy atom. The molecular formula is C49H29N3O. The first kappa shape index (κ1) is 29.5. The fraction of sp³-hybridized carbons (Fsp3) is 0. The van der Waals surface area contributed by atoms with E-state index in [1.165, 1.54) is 26.9 Å². The van der Waals surface area contributed by atoms with Gasteiger partial charge >= 0.3 is 0 Å². The van der Waals surface area contributed by atoms with E-state index in [0.717, 1.165) is 65.9 Å². The highest BCUT2D eigenvalue weighted by molar-refractivity contribution is 6.23. The molecule has 0 bridgehead atoms. The Morgan fingerprint density at radius 3 is 1.77 bits per heavy atom. The van der Waals surface area contributed by atoms with Crippen molar-refractivity contribution in [3.05, 3.63) is 176 Å². The number of aromatic nitrogens is 3. The normalized spacial score (nSPS) is 11.8. The van der Waals surface area contributed by atoms with Crippen LogP contribution in [0, 0.1) is 0 Å². The maximum atomic E-state index is 6.52. The maximum absolute atomic E-state index is 6.52. The van der Waals surface area contributed by atoms with Gasteiger partial charge in [0.1, 0.15) is 11.2 Å². The summed E-state index contributed by atoms with van der Waals surface area (Å²) in [6.45, 7) is 0. The van der Waals surface area contributed by atoms with Crippen LogP contribution in [-0.4, -0.2) is 15.0 Å². The number of nitrogens with zero attached hydrogens (tertiary/aromatic N) is 3. The molecule has 0 radical (unpaired) electrons. The first-order valence-electron chi connectivity index (χ1n) is 17.9. The third-order valence-corrected chi connectivity index (χ3v) is 10.5. The summed E-state index contributed by atoms with van der Waals surface area (Å²) >= 11 is 0. The molecule has 0 atom stereocenters. The van der Waals surface area contributed by atoms with Crippen LogP contribution < -0.4 is 0 Å². The number of rotatable bonds is 4. The fourth-order valence-corrected chi connectivity index (χ4v) is 7.97. The summed E-state index contributed by atoms with van der Waals surface area (Å²) in [5.74, 6) is 1.83. The SMILES string of the molecule is c1ccc(-c2cc(-c3nc(-c4ccc5ccccc5c4)nc(-c4cc5ccc6ccccc6c5c5ccccc45)n3)c3c(c2)oc2ccccc23)cc1. The Kier molecular flexibility index (Phi) is 6.52. The Balaban J connectivity index is 1.24. The standard InChI is InChI=1S/C49H29N3O/c1-2-12-30(13-3-1)36-28-42(46-40-20-10-11-21-43(40)53-44(46)29-36)49-51-47(35-25-22-31-14-4-5-16-33(31)26-35)50-48(52-49)41-27-34-24-23-32-15-6-7-17-37(32)45(34)39-19-9-8-18-38(39)41/h1-29H. The minimum atomic E-state index is 0.593. The fourth-order valence-electron chi connectivity index (χ4n) is 7.97. The van der Waals surface area contributed by atoms with Crippen molar-refractivity contribution >= 4 is 65.0 Å². The minimum Gasteiger partial charge on any atom is -0.456 e. The molecule has 9 aromatic carbocycles. The zero-order valence-corrected chi connectivity index (χ0v) is 28.5. The van der Waals surface area contributed by atoms with Gasteiger partial charge in [-0.15, -0.1) is 0 Å². The van der Waals surface area contributed by atoms with E-state index < -0.39 is 0 Å². The Bertz CT molecular complexity index is 3240. The van der Waals surface area contributed by atoms with E-state index in [-0.39, 0.29) is 0 Å². The number of fused-ring (bicyclic) bond motifs is 9. The smallest absolute Gasteiger partial charge is 0.164 e.